The van der Waals surface area contributed by atoms with E-state index in [-0.39, 0.29) is 0 Å². The van der Waals surface area contributed by atoms with Crippen molar-refractivity contribution >= 4 is 11.9 Å². The minimum Gasteiger partial charge on any atom is -0.312 e. The van der Waals surface area contributed by atoms with E-state index < -0.39 is 0 Å². The third-order valence-electron chi connectivity index (χ3n) is 3.94. The van der Waals surface area contributed by atoms with Crippen molar-refractivity contribution in [2.24, 2.45) is 0 Å². The highest BCUT2D eigenvalue weighted by molar-refractivity contribution is 8.00. The molecule has 0 radical (unpaired) electrons. The lowest BCUT2D eigenvalue weighted by Gasteiger charge is -2.30. The number of rotatable bonds is 7. The van der Waals surface area contributed by atoms with E-state index in [2.05, 4.69) is 63.7 Å². The molecule has 0 aliphatic carbocycles. The third kappa shape index (κ3) is 5.57. The lowest BCUT2D eigenvalue weighted by atomic mass is 10.0. The van der Waals surface area contributed by atoms with E-state index >= 15 is 0 Å². The fourth-order valence-corrected chi connectivity index (χ4v) is 3.81. The molecule has 122 valence electrons. The Balaban J connectivity index is 2.91. The second-order valence-corrected chi connectivity index (χ2v) is 7.15. The first-order chi connectivity index (χ1) is 10.5. The Bertz CT molecular complexity index is 506. The maximum Gasteiger partial charge on any atom is 0.0499 e. The van der Waals surface area contributed by atoms with Crippen molar-refractivity contribution in [1.29, 1.82) is 0 Å². The lowest BCUT2D eigenvalue weighted by molar-refractivity contribution is 0.524. The van der Waals surface area contributed by atoms with E-state index in [0.29, 0.717) is 0 Å². The molecule has 1 aliphatic rings. The van der Waals surface area contributed by atoms with Crippen LogP contribution in [0.2, 0.25) is 0 Å². The Morgan fingerprint density at radius 1 is 1.32 bits per heavy atom. The molecule has 0 N–H and O–H groups in total. The van der Waals surface area contributed by atoms with Gasteiger partial charge in [0.1, 0.15) is 0 Å². The van der Waals surface area contributed by atoms with Gasteiger partial charge in [0.15, 0.2) is 0 Å². The van der Waals surface area contributed by atoms with Gasteiger partial charge in [0.05, 0.1) is 0 Å². The quantitative estimate of drug-likeness (QED) is 0.376. The average Bonchev–Trinajstić information content (AvgIpc) is 2.48. The number of hydrogen-bond acceptors (Lipinski definition) is 2. The fourth-order valence-electron chi connectivity index (χ4n) is 2.72. The molecule has 1 rings (SSSR count). The topological polar surface area (TPSA) is 3.24 Å². The van der Waals surface area contributed by atoms with Gasteiger partial charge in [-0.3, -0.25) is 0 Å². The summed E-state index contributed by atoms with van der Waals surface area (Å²) in [4.78, 5) is 1.34. The van der Waals surface area contributed by atoms with Gasteiger partial charge in [-0.2, -0.15) is 0 Å². The summed E-state index contributed by atoms with van der Waals surface area (Å²) in [6, 6.07) is 0. The summed E-state index contributed by atoms with van der Waals surface area (Å²) in [5, 5.41) is 0. The summed E-state index contributed by atoms with van der Waals surface area (Å²) in [6.45, 7) is 16.1. The molecule has 0 amide bonds. The normalized spacial score (nSPS) is 18.0. The van der Waals surface area contributed by atoms with Gasteiger partial charge in [-0.05, 0) is 76.6 Å². The standard InChI is InChI=1S/C20H31NS/c1-7-11-16(4)17(5)15-18(6)22-21-14-10-13-19(12-8-2)20(21)9-3/h8-9,12,15H,3,7,10-11,13-14H2,1-2,4-6H3/b12-8-,17-16+,18-15+. The van der Waals surface area contributed by atoms with Gasteiger partial charge in [-0.1, -0.05) is 43.2 Å². The first-order valence-corrected chi connectivity index (χ1v) is 9.09. The molecular weight excluding hydrogens is 286 g/mol. The minimum absolute atomic E-state index is 1.09. The van der Waals surface area contributed by atoms with Gasteiger partial charge in [-0.25, -0.2) is 0 Å². The van der Waals surface area contributed by atoms with Crippen molar-refractivity contribution in [2.75, 3.05) is 6.54 Å². The number of hydrogen-bond donors (Lipinski definition) is 0. The highest BCUT2D eigenvalue weighted by Gasteiger charge is 2.17. The molecule has 22 heavy (non-hydrogen) atoms. The van der Waals surface area contributed by atoms with Crippen molar-refractivity contribution in [1.82, 2.24) is 4.31 Å². The average molecular weight is 318 g/mol. The molecular formula is C20H31NS. The fraction of sp³-hybridized carbons (Fsp3) is 0.500. The molecule has 0 unspecified atom stereocenters. The van der Waals surface area contributed by atoms with Crippen molar-refractivity contribution in [3.05, 3.63) is 58.2 Å². The van der Waals surface area contributed by atoms with Crippen LogP contribution in [-0.4, -0.2) is 10.8 Å². The van der Waals surface area contributed by atoms with Crippen LogP contribution in [0.4, 0.5) is 0 Å². The highest BCUT2D eigenvalue weighted by atomic mass is 32.2. The Morgan fingerprint density at radius 3 is 2.64 bits per heavy atom. The predicted octanol–water partition coefficient (Wildman–Crippen LogP) is 6.79. The second-order valence-electron chi connectivity index (χ2n) is 5.88. The molecule has 0 bridgehead atoms. The Hall–Kier alpha value is -1.15. The van der Waals surface area contributed by atoms with E-state index in [4.69, 9.17) is 0 Å². The summed E-state index contributed by atoms with van der Waals surface area (Å²) < 4.78 is 2.39. The first-order valence-electron chi connectivity index (χ1n) is 8.31. The first kappa shape index (κ1) is 18.9. The summed E-state index contributed by atoms with van der Waals surface area (Å²) in [5.74, 6) is 0. The van der Waals surface area contributed by atoms with Crippen LogP contribution in [0.25, 0.3) is 0 Å². The molecule has 1 aliphatic heterocycles. The van der Waals surface area contributed by atoms with Crippen LogP contribution < -0.4 is 0 Å². The SMILES string of the molecule is C=CC1=C(/C=C\C)CCCN1S/C(C)=C/C(C)=C(\C)CCC. The third-order valence-corrected chi connectivity index (χ3v) is 4.94. The van der Waals surface area contributed by atoms with E-state index in [0.717, 1.165) is 13.0 Å². The van der Waals surface area contributed by atoms with Crippen molar-refractivity contribution in [3.8, 4) is 0 Å². The summed E-state index contributed by atoms with van der Waals surface area (Å²) in [7, 11) is 0. The van der Waals surface area contributed by atoms with Crippen LogP contribution in [0, 0.1) is 0 Å². The number of nitrogens with zero attached hydrogens (tertiary/aromatic N) is 1. The molecule has 0 saturated carbocycles. The molecule has 1 nitrogen and oxygen atoms in total. The van der Waals surface area contributed by atoms with Crippen LogP contribution in [0.3, 0.4) is 0 Å². The highest BCUT2D eigenvalue weighted by Crippen LogP contribution is 2.33. The molecule has 0 aromatic heterocycles. The van der Waals surface area contributed by atoms with Gasteiger partial charge in [0.25, 0.3) is 0 Å². The van der Waals surface area contributed by atoms with Crippen molar-refractivity contribution < 1.29 is 0 Å². The molecule has 0 spiro atoms. The molecule has 1 heterocycles. The van der Waals surface area contributed by atoms with E-state index in [1.807, 2.05) is 18.0 Å². The smallest absolute Gasteiger partial charge is 0.0499 e. The maximum absolute atomic E-state index is 4.01. The molecule has 0 fully saturated rings. The predicted molar refractivity (Wildman–Crippen MR) is 103 cm³/mol. The zero-order valence-electron chi connectivity index (χ0n) is 14.9. The Kier molecular flexibility index (Phi) is 8.40. The minimum atomic E-state index is 1.09. The van der Waals surface area contributed by atoms with E-state index in [1.54, 1.807) is 0 Å². The van der Waals surface area contributed by atoms with Crippen molar-refractivity contribution in [2.45, 2.75) is 60.3 Å². The monoisotopic (exact) mass is 317 g/mol. The van der Waals surface area contributed by atoms with Crippen LogP contribution >= 0.6 is 11.9 Å². The molecule has 2 heteroatoms. The number of allylic oxidation sites excluding steroid dienone is 8. The summed E-state index contributed by atoms with van der Waals surface area (Å²) in [5.41, 5.74) is 5.57. The van der Waals surface area contributed by atoms with Gasteiger partial charge < -0.3 is 4.31 Å². The zero-order chi connectivity index (χ0) is 16.5. The molecule has 0 aromatic rings. The largest absolute Gasteiger partial charge is 0.312 e. The van der Waals surface area contributed by atoms with Crippen LogP contribution in [0.5, 0.6) is 0 Å². The van der Waals surface area contributed by atoms with Crippen LogP contribution in [0.1, 0.15) is 60.3 Å². The van der Waals surface area contributed by atoms with Crippen LogP contribution in [0.15, 0.2) is 58.2 Å². The zero-order valence-corrected chi connectivity index (χ0v) is 15.7. The second kappa shape index (κ2) is 9.78. The van der Waals surface area contributed by atoms with E-state index in [1.165, 1.54) is 46.6 Å². The Morgan fingerprint density at radius 2 is 2.05 bits per heavy atom. The maximum atomic E-state index is 4.01. The van der Waals surface area contributed by atoms with Gasteiger partial charge in [0.2, 0.25) is 0 Å². The lowest BCUT2D eigenvalue weighted by Crippen LogP contribution is -2.21. The van der Waals surface area contributed by atoms with Gasteiger partial charge in [0, 0.05) is 17.1 Å². The molecule has 0 aromatic carbocycles. The molecule has 0 atom stereocenters. The summed E-state index contributed by atoms with van der Waals surface area (Å²) >= 11 is 1.84. The van der Waals surface area contributed by atoms with Gasteiger partial charge >= 0.3 is 0 Å². The van der Waals surface area contributed by atoms with Gasteiger partial charge in [-0.15, -0.1) is 0 Å². The Labute approximate surface area is 141 Å². The van der Waals surface area contributed by atoms with E-state index in [9.17, 15) is 0 Å². The van der Waals surface area contributed by atoms with Crippen molar-refractivity contribution in [3.63, 3.8) is 0 Å². The summed E-state index contributed by atoms with van der Waals surface area (Å²) in [6.07, 6.45) is 13.4. The molecule has 0 saturated heterocycles. The van der Waals surface area contributed by atoms with Crippen LogP contribution in [-0.2, 0) is 0 Å².